The van der Waals surface area contributed by atoms with Gasteiger partial charge in [0.15, 0.2) is 0 Å². The monoisotopic (exact) mass is 383 g/mol. The van der Waals surface area contributed by atoms with Crippen LogP contribution in [0.2, 0.25) is 5.02 Å². The lowest BCUT2D eigenvalue weighted by atomic mass is 10.1. The minimum absolute atomic E-state index is 0.0610. The van der Waals surface area contributed by atoms with Crippen LogP contribution in [0, 0.1) is 11.3 Å². The van der Waals surface area contributed by atoms with Crippen LogP contribution in [0.5, 0.6) is 5.75 Å². The number of nitrogens with one attached hydrogen (secondary N) is 1. The first-order valence-electron chi connectivity index (χ1n) is 8.41. The topological polar surface area (TPSA) is 85.6 Å². The molecule has 0 unspecified atom stereocenters. The maximum Gasteiger partial charge on any atom is 0.266 e. The molecule has 27 heavy (non-hydrogen) atoms. The number of hydrogen-bond acceptors (Lipinski definition) is 5. The van der Waals surface area contributed by atoms with Crippen LogP contribution in [-0.4, -0.2) is 37.3 Å². The molecule has 0 atom stereocenters. The molecule has 0 aromatic heterocycles. The number of aromatic hydroxyl groups is 1. The third-order valence-electron chi connectivity index (χ3n) is 4.10. The number of phenolic OH excluding ortho intramolecular Hbond substituents is 1. The van der Waals surface area contributed by atoms with Crippen molar-refractivity contribution in [1.82, 2.24) is 0 Å². The molecule has 0 spiro atoms. The van der Waals surface area contributed by atoms with Gasteiger partial charge in [0.05, 0.1) is 24.6 Å². The van der Waals surface area contributed by atoms with Crippen molar-refractivity contribution in [3.8, 4) is 11.8 Å². The fourth-order valence-corrected chi connectivity index (χ4v) is 2.98. The van der Waals surface area contributed by atoms with Crippen LogP contribution in [0.15, 0.2) is 48.0 Å². The van der Waals surface area contributed by atoms with Gasteiger partial charge < -0.3 is 20.1 Å². The molecule has 2 aromatic rings. The van der Waals surface area contributed by atoms with E-state index in [2.05, 4.69) is 10.2 Å². The lowest BCUT2D eigenvalue weighted by Crippen LogP contribution is -2.36. The zero-order valence-electron chi connectivity index (χ0n) is 14.5. The van der Waals surface area contributed by atoms with Crippen LogP contribution >= 0.6 is 11.6 Å². The third kappa shape index (κ3) is 4.79. The molecule has 1 aliphatic heterocycles. The Kier molecular flexibility index (Phi) is 5.97. The smallest absolute Gasteiger partial charge is 0.266 e. The summed E-state index contributed by atoms with van der Waals surface area (Å²) in [6, 6.07) is 13.5. The van der Waals surface area contributed by atoms with Crippen molar-refractivity contribution in [2.45, 2.75) is 0 Å². The summed E-state index contributed by atoms with van der Waals surface area (Å²) in [7, 11) is 0. The molecule has 1 amide bonds. The Bertz CT molecular complexity index is 915. The Morgan fingerprint density at radius 2 is 2.04 bits per heavy atom. The molecule has 3 rings (SSSR count). The minimum atomic E-state index is -0.544. The van der Waals surface area contributed by atoms with Crippen molar-refractivity contribution >= 4 is 35.0 Å². The number of amides is 1. The number of morpholine rings is 1. The Labute approximate surface area is 162 Å². The fourth-order valence-electron chi connectivity index (χ4n) is 2.81. The quantitative estimate of drug-likeness (QED) is 0.624. The maximum absolute atomic E-state index is 12.6. The first-order valence-corrected chi connectivity index (χ1v) is 8.79. The molecule has 6 nitrogen and oxygen atoms in total. The molecule has 7 heteroatoms. The fraction of sp³-hybridized carbons (Fsp3) is 0.200. The van der Waals surface area contributed by atoms with Gasteiger partial charge in [-0.2, -0.15) is 5.26 Å². The van der Waals surface area contributed by atoms with Crippen LogP contribution in [0.1, 0.15) is 5.56 Å². The van der Waals surface area contributed by atoms with Crippen molar-refractivity contribution in [1.29, 1.82) is 5.26 Å². The Morgan fingerprint density at radius 3 is 2.74 bits per heavy atom. The third-order valence-corrected chi connectivity index (χ3v) is 4.34. The summed E-state index contributed by atoms with van der Waals surface area (Å²) in [4.78, 5) is 14.7. The summed E-state index contributed by atoms with van der Waals surface area (Å²) in [5.41, 5.74) is 1.84. The summed E-state index contributed by atoms with van der Waals surface area (Å²) in [5.74, 6) is -0.483. The number of anilines is 2. The van der Waals surface area contributed by atoms with Crippen LogP contribution in [0.3, 0.4) is 0 Å². The van der Waals surface area contributed by atoms with Gasteiger partial charge in [0.2, 0.25) is 0 Å². The first-order chi connectivity index (χ1) is 13.1. The molecule has 1 fully saturated rings. The highest BCUT2D eigenvalue weighted by atomic mass is 35.5. The summed E-state index contributed by atoms with van der Waals surface area (Å²) in [6.45, 7) is 2.62. The van der Waals surface area contributed by atoms with E-state index in [0.29, 0.717) is 42.6 Å². The van der Waals surface area contributed by atoms with Gasteiger partial charge in [-0.3, -0.25) is 4.79 Å². The second-order valence-electron chi connectivity index (χ2n) is 5.98. The predicted octanol–water partition coefficient (Wildman–Crippen LogP) is 3.43. The normalized spacial score (nSPS) is 14.5. The standard InChI is InChI=1S/C20H18ClN3O3/c21-16-4-5-19(24-6-8-27-9-7-24)18(12-16)23-20(26)15(13-22)10-14-2-1-3-17(25)11-14/h1-5,10-12,25H,6-9H2,(H,23,26)/b15-10+. The van der Waals surface area contributed by atoms with E-state index in [-0.39, 0.29) is 11.3 Å². The van der Waals surface area contributed by atoms with E-state index in [1.165, 1.54) is 18.2 Å². The van der Waals surface area contributed by atoms with E-state index in [1.807, 2.05) is 12.1 Å². The number of carbonyl (C=O) groups is 1. The van der Waals surface area contributed by atoms with Gasteiger partial charge in [0.25, 0.3) is 5.91 Å². The van der Waals surface area contributed by atoms with E-state index >= 15 is 0 Å². The van der Waals surface area contributed by atoms with E-state index in [0.717, 1.165) is 5.69 Å². The second kappa shape index (κ2) is 8.58. The zero-order valence-corrected chi connectivity index (χ0v) is 15.2. The number of halogens is 1. The Morgan fingerprint density at radius 1 is 1.26 bits per heavy atom. The lowest BCUT2D eigenvalue weighted by molar-refractivity contribution is -0.112. The van der Waals surface area contributed by atoms with E-state index in [1.54, 1.807) is 24.3 Å². The molecular weight excluding hydrogens is 366 g/mol. The Balaban J connectivity index is 1.86. The second-order valence-corrected chi connectivity index (χ2v) is 6.42. The maximum atomic E-state index is 12.6. The van der Waals surface area contributed by atoms with Crippen molar-refractivity contribution < 1.29 is 14.6 Å². The van der Waals surface area contributed by atoms with Gasteiger partial charge in [0, 0.05) is 18.1 Å². The summed E-state index contributed by atoms with van der Waals surface area (Å²) in [6.07, 6.45) is 1.42. The van der Waals surface area contributed by atoms with Gasteiger partial charge in [0.1, 0.15) is 17.4 Å². The molecule has 0 aliphatic carbocycles. The number of carbonyl (C=O) groups excluding carboxylic acids is 1. The molecule has 0 saturated carbocycles. The van der Waals surface area contributed by atoms with Gasteiger partial charge >= 0.3 is 0 Å². The van der Waals surface area contributed by atoms with Gasteiger partial charge in [-0.1, -0.05) is 23.7 Å². The number of phenols is 1. The SMILES string of the molecule is N#C/C(=C\c1cccc(O)c1)C(=O)Nc1cc(Cl)ccc1N1CCOCC1. The molecule has 138 valence electrons. The van der Waals surface area contributed by atoms with Crippen LogP contribution in [-0.2, 0) is 9.53 Å². The van der Waals surface area contributed by atoms with Crippen LogP contribution in [0.4, 0.5) is 11.4 Å². The highest BCUT2D eigenvalue weighted by Gasteiger charge is 2.18. The number of nitrogens with zero attached hydrogens (tertiary/aromatic N) is 2. The summed E-state index contributed by atoms with van der Waals surface area (Å²) in [5, 5.41) is 22.2. The van der Waals surface area contributed by atoms with E-state index in [9.17, 15) is 15.2 Å². The number of hydrogen-bond donors (Lipinski definition) is 2. The minimum Gasteiger partial charge on any atom is -0.508 e. The lowest BCUT2D eigenvalue weighted by Gasteiger charge is -2.30. The van der Waals surface area contributed by atoms with Crippen LogP contribution < -0.4 is 10.2 Å². The molecule has 2 aromatic carbocycles. The van der Waals surface area contributed by atoms with Gasteiger partial charge in [-0.25, -0.2) is 0 Å². The average Bonchev–Trinajstić information content (AvgIpc) is 2.67. The van der Waals surface area contributed by atoms with E-state index in [4.69, 9.17) is 16.3 Å². The predicted molar refractivity (Wildman–Crippen MR) is 105 cm³/mol. The van der Waals surface area contributed by atoms with Gasteiger partial charge in [-0.15, -0.1) is 0 Å². The van der Waals surface area contributed by atoms with Crippen LogP contribution in [0.25, 0.3) is 6.08 Å². The van der Waals surface area contributed by atoms with Crippen molar-refractivity contribution in [2.24, 2.45) is 0 Å². The number of rotatable bonds is 4. The number of benzene rings is 2. The highest BCUT2D eigenvalue weighted by molar-refractivity contribution is 6.31. The average molecular weight is 384 g/mol. The molecule has 0 radical (unpaired) electrons. The van der Waals surface area contributed by atoms with Crippen molar-refractivity contribution in [3.05, 3.63) is 58.6 Å². The molecule has 1 aliphatic rings. The molecule has 0 bridgehead atoms. The number of ether oxygens (including phenoxy) is 1. The molecule has 1 saturated heterocycles. The van der Waals surface area contributed by atoms with Crippen molar-refractivity contribution in [3.63, 3.8) is 0 Å². The summed E-state index contributed by atoms with van der Waals surface area (Å²) < 4.78 is 5.37. The van der Waals surface area contributed by atoms with Gasteiger partial charge in [-0.05, 0) is 42.0 Å². The zero-order chi connectivity index (χ0) is 19.2. The Hall–Kier alpha value is -3.01. The molecule has 2 N–H and O–H groups in total. The molecular formula is C20H18ClN3O3. The highest BCUT2D eigenvalue weighted by Crippen LogP contribution is 2.30. The number of nitriles is 1. The first kappa shape index (κ1) is 18.8. The van der Waals surface area contributed by atoms with Crippen molar-refractivity contribution in [2.75, 3.05) is 36.5 Å². The van der Waals surface area contributed by atoms with E-state index < -0.39 is 5.91 Å². The molecule has 1 heterocycles. The summed E-state index contributed by atoms with van der Waals surface area (Å²) >= 11 is 6.10. The largest absolute Gasteiger partial charge is 0.508 e.